The number of aryl methyl sites for hydroxylation is 1. The summed E-state index contributed by atoms with van der Waals surface area (Å²) in [6, 6.07) is 14.0. The number of halogens is 1. The number of fused-ring (bicyclic) bond motifs is 1. The maximum atomic E-state index is 6.22. The van der Waals surface area contributed by atoms with E-state index < -0.39 is 0 Å². The predicted molar refractivity (Wildman–Crippen MR) is 101 cm³/mol. The van der Waals surface area contributed by atoms with Crippen LogP contribution in [-0.2, 0) is 12.8 Å². The molecule has 1 aromatic heterocycles. The maximum absolute atomic E-state index is 6.22. The second-order valence-electron chi connectivity index (χ2n) is 6.28. The van der Waals surface area contributed by atoms with Gasteiger partial charge in [0, 0.05) is 29.1 Å². The van der Waals surface area contributed by atoms with Gasteiger partial charge in [-0.3, -0.25) is 0 Å². The number of nitrogens with zero attached hydrogens (tertiary/aromatic N) is 2. The quantitative estimate of drug-likeness (QED) is 0.755. The molecule has 0 amide bonds. The van der Waals surface area contributed by atoms with E-state index >= 15 is 0 Å². The summed E-state index contributed by atoms with van der Waals surface area (Å²) >= 11 is 6.22. The van der Waals surface area contributed by atoms with Crippen molar-refractivity contribution in [3.63, 3.8) is 0 Å². The fourth-order valence-electron chi connectivity index (χ4n) is 3.40. The van der Waals surface area contributed by atoms with Crippen LogP contribution < -0.4 is 10.1 Å². The number of hydrogen-bond donors (Lipinski definition) is 1. The first-order valence-corrected chi connectivity index (χ1v) is 8.78. The number of benzene rings is 2. The summed E-state index contributed by atoms with van der Waals surface area (Å²) in [5, 5.41) is 9.11. The van der Waals surface area contributed by atoms with Gasteiger partial charge in [-0.2, -0.15) is 5.10 Å². The first kappa shape index (κ1) is 16.0. The second-order valence-corrected chi connectivity index (χ2v) is 6.72. The minimum Gasteiger partial charge on any atom is -0.496 e. The van der Waals surface area contributed by atoms with Crippen LogP contribution in [0.1, 0.15) is 22.4 Å². The Morgan fingerprint density at radius 1 is 1.24 bits per heavy atom. The molecule has 2 heterocycles. The maximum Gasteiger partial charge on any atom is 0.133 e. The van der Waals surface area contributed by atoms with E-state index in [1.54, 1.807) is 7.11 Å². The molecule has 4 nitrogen and oxygen atoms in total. The van der Waals surface area contributed by atoms with E-state index in [2.05, 4.69) is 18.3 Å². The van der Waals surface area contributed by atoms with Gasteiger partial charge < -0.3 is 10.1 Å². The molecule has 0 fully saturated rings. The Hall–Kier alpha value is -2.46. The van der Waals surface area contributed by atoms with Crippen molar-refractivity contribution in [2.75, 3.05) is 19.0 Å². The number of para-hydroxylation sites is 1. The Morgan fingerprint density at radius 2 is 2.08 bits per heavy atom. The van der Waals surface area contributed by atoms with Gasteiger partial charge in [0.2, 0.25) is 0 Å². The Kier molecular flexibility index (Phi) is 4.14. The third kappa shape index (κ3) is 2.87. The predicted octanol–water partition coefficient (Wildman–Crippen LogP) is 4.40. The standard InChI is InChI=1S/C20H20ClN3O/c1-13-7-8-15(21)12-18(13)24-20-16(9-10-22-20)17(23-24)11-14-5-3-4-6-19(14)25-2/h3-8,12,22H,9-11H2,1-2H3. The molecule has 0 saturated heterocycles. The molecule has 0 bridgehead atoms. The van der Waals surface area contributed by atoms with E-state index in [4.69, 9.17) is 21.4 Å². The first-order chi connectivity index (χ1) is 12.2. The summed E-state index contributed by atoms with van der Waals surface area (Å²) in [5.74, 6) is 1.98. The SMILES string of the molecule is COc1ccccc1Cc1nn(-c2cc(Cl)ccc2C)c2c1CCN2. The minimum absolute atomic E-state index is 0.717. The number of rotatable bonds is 4. The van der Waals surface area contributed by atoms with Crippen LogP contribution >= 0.6 is 11.6 Å². The summed E-state index contributed by atoms with van der Waals surface area (Å²) < 4.78 is 7.49. The molecule has 2 aromatic carbocycles. The van der Waals surface area contributed by atoms with Crippen LogP contribution in [0.5, 0.6) is 5.75 Å². The first-order valence-electron chi connectivity index (χ1n) is 8.40. The van der Waals surface area contributed by atoms with Gasteiger partial charge in [-0.05, 0) is 37.1 Å². The largest absolute Gasteiger partial charge is 0.496 e. The van der Waals surface area contributed by atoms with Crippen LogP contribution in [0.4, 0.5) is 5.82 Å². The fourth-order valence-corrected chi connectivity index (χ4v) is 3.57. The van der Waals surface area contributed by atoms with Crippen LogP contribution in [0.2, 0.25) is 5.02 Å². The molecule has 1 aliphatic rings. The Morgan fingerprint density at radius 3 is 2.92 bits per heavy atom. The van der Waals surface area contributed by atoms with Crippen molar-refractivity contribution < 1.29 is 4.74 Å². The van der Waals surface area contributed by atoms with Gasteiger partial charge in [0.25, 0.3) is 0 Å². The summed E-state index contributed by atoms with van der Waals surface area (Å²) in [5.41, 5.74) is 5.68. The number of nitrogens with one attached hydrogen (secondary N) is 1. The monoisotopic (exact) mass is 353 g/mol. The van der Waals surface area contributed by atoms with E-state index in [1.165, 1.54) is 5.56 Å². The number of hydrogen-bond acceptors (Lipinski definition) is 3. The molecule has 5 heteroatoms. The molecule has 25 heavy (non-hydrogen) atoms. The normalized spacial score (nSPS) is 12.8. The highest BCUT2D eigenvalue weighted by molar-refractivity contribution is 6.30. The van der Waals surface area contributed by atoms with Gasteiger partial charge in [-0.15, -0.1) is 0 Å². The molecule has 1 N–H and O–H groups in total. The molecule has 0 radical (unpaired) electrons. The molecule has 4 rings (SSSR count). The van der Waals surface area contributed by atoms with E-state index in [9.17, 15) is 0 Å². The van der Waals surface area contributed by atoms with Gasteiger partial charge in [-0.1, -0.05) is 35.9 Å². The molecule has 0 saturated carbocycles. The zero-order chi connectivity index (χ0) is 17.4. The summed E-state index contributed by atoms with van der Waals surface area (Å²) in [6.45, 7) is 3.01. The average Bonchev–Trinajstić information content (AvgIpc) is 3.21. The van der Waals surface area contributed by atoms with Gasteiger partial charge in [-0.25, -0.2) is 4.68 Å². The lowest BCUT2D eigenvalue weighted by molar-refractivity contribution is 0.410. The lowest BCUT2D eigenvalue weighted by atomic mass is 10.0. The van der Waals surface area contributed by atoms with Crippen molar-refractivity contribution in [2.45, 2.75) is 19.8 Å². The minimum atomic E-state index is 0.717. The summed E-state index contributed by atoms with van der Waals surface area (Å²) in [7, 11) is 1.71. The highest BCUT2D eigenvalue weighted by Gasteiger charge is 2.24. The third-order valence-electron chi connectivity index (χ3n) is 4.68. The number of ether oxygens (including phenoxy) is 1. The van der Waals surface area contributed by atoms with Crippen LogP contribution in [-0.4, -0.2) is 23.4 Å². The molecular formula is C20H20ClN3O. The van der Waals surface area contributed by atoms with Crippen LogP contribution in [0.15, 0.2) is 42.5 Å². The molecule has 0 unspecified atom stereocenters. The Balaban J connectivity index is 1.79. The van der Waals surface area contributed by atoms with Crippen molar-refractivity contribution >= 4 is 17.4 Å². The summed E-state index contributed by atoms with van der Waals surface area (Å²) in [6.07, 6.45) is 1.74. The van der Waals surface area contributed by atoms with Crippen LogP contribution in [0.25, 0.3) is 5.69 Å². The lowest BCUT2D eigenvalue weighted by Crippen LogP contribution is -2.06. The lowest BCUT2D eigenvalue weighted by Gasteiger charge is -2.10. The van der Waals surface area contributed by atoms with Crippen LogP contribution in [0, 0.1) is 6.92 Å². The topological polar surface area (TPSA) is 39.1 Å². The van der Waals surface area contributed by atoms with Gasteiger partial charge in [0.1, 0.15) is 11.6 Å². The third-order valence-corrected chi connectivity index (χ3v) is 4.92. The van der Waals surface area contributed by atoms with Crippen molar-refractivity contribution in [2.24, 2.45) is 0 Å². The van der Waals surface area contributed by atoms with E-state index in [0.29, 0.717) is 5.02 Å². The van der Waals surface area contributed by atoms with Gasteiger partial charge >= 0.3 is 0 Å². The smallest absolute Gasteiger partial charge is 0.133 e. The molecule has 0 spiro atoms. The van der Waals surface area contributed by atoms with Crippen molar-refractivity contribution in [3.8, 4) is 11.4 Å². The van der Waals surface area contributed by atoms with E-state index in [1.807, 2.05) is 41.1 Å². The van der Waals surface area contributed by atoms with Crippen LogP contribution in [0.3, 0.4) is 0 Å². The van der Waals surface area contributed by atoms with E-state index in [0.717, 1.165) is 53.5 Å². The van der Waals surface area contributed by atoms with Crippen molar-refractivity contribution in [1.82, 2.24) is 9.78 Å². The molecule has 0 atom stereocenters. The molecule has 1 aliphatic heterocycles. The van der Waals surface area contributed by atoms with Crippen molar-refractivity contribution in [1.29, 1.82) is 0 Å². The fraction of sp³-hybridized carbons (Fsp3) is 0.250. The second kappa shape index (κ2) is 6.45. The summed E-state index contributed by atoms with van der Waals surface area (Å²) in [4.78, 5) is 0. The number of methoxy groups -OCH3 is 1. The molecule has 0 aliphatic carbocycles. The number of anilines is 1. The van der Waals surface area contributed by atoms with Gasteiger partial charge in [0.05, 0.1) is 18.5 Å². The highest BCUT2D eigenvalue weighted by Crippen LogP contribution is 2.33. The molecule has 3 aromatic rings. The molecular weight excluding hydrogens is 334 g/mol. The average molecular weight is 354 g/mol. The number of aromatic nitrogens is 2. The Bertz CT molecular complexity index is 933. The zero-order valence-corrected chi connectivity index (χ0v) is 15.1. The molecule has 128 valence electrons. The highest BCUT2D eigenvalue weighted by atomic mass is 35.5. The van der Waals surface area contributed by atoms with Crippen molar-refractivity contribution in [3.05, 3.63) is 69.9 Å². The van der Waals surface area contributed by atoms with E-state index in [-0.39, 0.29) is 0 Å². The Labute approximate surface area is 152 Å². The van der Waals surface area contributed by atoms with Gasteiger partial charge in [0.15, 0.2) is 0 Å². The zero-order valence-electron chi connectivity index (χ0n) is 14.3.